The number of benzene rings is 1. The summed E-state index contributed by atoms with van der Waals surface area (Å²) in [6, 6.07) is 13.2. The van der Waals surface area contributed by atoms with Crippen LogP contribution in [0.2, 0.25) is 0 Å². The van der Waals surface area contributed by atoms with Gasteiger partial charge in [0.05, 0.1) is 0 Å². The lowest BCUT2D eigenvalue weighted by Gasteiger charge is -2.16. The van der Waals surface area contributed by atoms with Crippen molar-refractivity contribution in [3.63, 3.8) is 0 Å². The van der Waals surface area contributed by atoms with Crippen molar-refractivity contribution in [2.75, 3.05) is 13.6 Å². The monoisotopic (exact) mass is 274 g/mol. The fourth-order valence-electron chi connectivity index (χ4n) is 2.14. The van der Waals surface area contributed by atoms with Crippen molar-refractivity contribution in [3.05, 3.63) is 57.8 Å². The predicted molar refractivity (Wildman–Crippen MR) is 83.3 cm³/mol. The van der Waals surface area contributed by atoms with E-state index < -0.39 is 0 Å². The van der Waals surface area contributed by atoms with E-state index in [1.165, 1.54) is 16.0 Å². The Balaban J connectivity index is 1.90. The highest BCUT2D eigenvalue weighted by Gasteiger charge is 2.03. The average Bonchev–Trinajstić information content (AvgIpc) is 2.89. The molecule has 3 heteroatoms. The molecule has 0 fully saturated rings. The summed E-state index contributed by atoms with van der Waals surface area (Å²) in [4.78, 5) is 3.78. The zero-order valence-corrected chi connectivity index (χ0v) is 12.5. The van der Waals surface area contributed by atoms with Gasteiger partial charge in [0.2, 0.25) is 0 Å². The van der Waals surface area contributed by atoms with Gasteiger partial charge in [0.1, 0.15) is 0 Å². The zero-order valence-electron chi connectivity index (χ0n) is 11.7. The molecule has 1 N–H and O–H groups in total. The highest BCUT2D eigenvalue weighted by Crippen LogP contribution is 2.13. The Morgan fingerprint density at radius 3 is 2.68 bits per heavy atom. The Bertz CT molecular complexity index is 479. The van der Waals surface area contributed by atoms with E-state index in [9.17, 15) is 0 Å². The standard InChI is InChI=1S/C16H22N2S/c1-3-17-11-14-6-4-7-15(10-14)12-18(2)13-16-8-5-9-19-16/h4-10,17H,3,11-13H2,1-2H3. The molecule has 1 heterocycles. The second kappa shape index (κ2) is 7.43. The van der Waals surface area contributed by atoms with Crippen LogP contribution in [-0.2, 0) is 19.6 Å². The molecule has 0 aliphatic heterocycles. The number of nitrogens with one attached hydrogen (secondary N) is 1. The molecule has 0 aliphatic rings. The van der Waals surface area contributed by atoms with E-state index in [0.717, 1.165) is 26.2 Å². The molecule has 19 heavy (non-hydrogen) atoms. The normalized spacial score (nSPS) is 11.1. The lowest BCUT2D eigenvalue weighted by molar-refractivity contribution is 0.322. The van der Waals surface area contributed by atoms with E-state index in [0.29, 0.717) is 0 Å². The Morgan fingerprint density at radius 2 is 1.95 bits per heavy atom. The molecule has 0 atom stereocenters. The molecule has 0 saturated carbocycles. The Morgan fingerprint density at radius 1 is 1.11 bits per heavy atom. The molecule has 0 amide bonds. The van der Waals surface area contributed by atoms with Crippen molar-refractivity contribution < 1.29 is 0 Å². The van der Waals surface area contributed by atoms with Crippen molar-refractivity contribution >= 4 is 11.3 Å². The second-order valence-electron chi connectivity index (χ2n) is 4.85. The number of thiophene rings is 1. The minimum atomic E-state index is 0.957. The maximum Gasteiger partial charge on any atom is 0.0328 e. The molecule has 0 bridgehead atoms. The third-order valence-corrected chi connectivity index (χ3v) is 3.89. The second-order valence-corrected chi connectivity index (χ2v) is 5.88. The third-order valence-electron chi connectivity index (χ3n) is 3.03. The van der Waals surface area contributed by atoms with Crippen LogP contribution in [0, 0.1) is 0 Å². The molecule has 0 saturated heterocycles. The first-order chi connectivity index (χ1) is 9.28. The van der Waals surface area contributed by atoms with E-state index in [4.69, 9.17) is 0 Å². The molecule has 0 aliphatic carbocycles. The fraction of sp³-hybridized carbons (Fsp3) is 0.375. The highest BCUT2D eigenvalue weighted by molar-refractivity contribution is 7.09. The van der Waals surface area contributed by atoms with Gasteiger partial charge in [-0.05, 0) is 36.2 Å². The van der Waals surface area contributed by atoms with E-state index >= 15 is 0 Å². The number of rotatable bonds is 7. The average molecular weight is 274 g/mol. The first kappa shape index (κ1) is 14.3. The van der Waals surface area contributed by atoms with Crippen molar-refractivity contribution in [2.45, 2.75) is 26.6 Å². The lowest BCUT2D eigenvalue weighted by atomic mass is 10.1. The Hall–Kier alpha value is -1.16. The van der Waals surface area contributed by atoms with Gasteiger partial charge in [0, 0.05) is 24.5 Å². The van der Waals surface area contributed by atoms with Crippen LogP contribution in [0.3, 0.4) is 0 Å². The van der Waals surface area contributed by atoms with Crippen LogP contribution in [0.25, 0.3) is 0 Å². The summed E-state index contributed by atoms with van der Waals surface area (Å²) in [5, 5.41) is 5.51. The van der Waals surface area contributed by atoms with Gasteiger partial charge in [-0.3, -0.25) is 4.90 Å². The van der Waals surface area contributed by atoms with Gasteiger partial charge in [-0.15, -0.1) is 11.3 Å². The van der Waals surface area contributed by atoms with E-state index in [-0.39, 0.29) is 0 Å². The smallest absolute Gasteiger partial charge is 0.0328 e. The number of hydrogen-bond donors (Lipinski definition) is 1. The molecule has 2 nitrogen and oxygen atoms in total. The van der Waals surface area contributed by atoms with E-state index in [2.05, 4.69) is 66.0 Å². The maximum atomic E-state index is 3.37. The van der Waals surface area contributed by atoms with Crippen LogP contribution in [0.4, 0.5) is 0 Å². The van der Waals surface area contributed by atoms with Crippen LogP contribution < -0.4 is 5.32 Å². The van der Waals surface area contributed by atoms with E-state index in [1.54, 1.807) is 0 Å². The summed E-state index contributed by atoms with van der Waals surface area (Å²) in [5.41, 5.74) is 2.75. The van der Waals surface area contributed by atoms with Crippen LogP contribution in [0.5, 0.6) is 0 Å². The summed E-state index contributed by atoms with van der Waals surface area (Å²) in [6.45, 7) is 6.13. The van der Waals surface area contributed by atoms with Crippen molar-refractivity contribution in [1.82, 2.24) is 10.2 Å². The molecular formula is C16H22N2S. The first-order valence-electron chi connectivity index (χ1n) is 6.77. The largest absolute Gasteiger partial charge is 0.313 e. The minimum Gasteiger partial charge on any atom is -0.313 e. The molecule has 0 unspecified atom stereocenters. The highest BCUT2D eigenvalue weighted by atomic mass is 32.1. The van der Waals surface area contributed by atoms with Gasteiger partial charge >= 0.3 is 0 Å². The fourth-order valence-corrected chi connectivity index (χ4v) is 2.93. The molecule has 0 spiro atoms. The quantitative estimate of drug-likeness (QED) is 0.831. The van der Waals surface area contributed by atoms with Gasteiger partial charge < -0.3 is 5.32 Å². The van der Waals surface area contributed by atoms with Crippen LogP contribution in [0.1, 0.15) is 22.9 Å². The first-order valence-corrected chi connectivity index (χ1v) is 7.65. The number of hydrogen-bond acceptors (Lipinski definition) is 3. The van der Waals surface area contributed by atoms with Gasteiger partial charge in [-0.2, -0.15) is 0 Å². The Labute approximate surface area is 120 Å². The number of nitrogens with zero attached hydrogens (tertiary/aromatic N) is 1. The van der Waals surface area contributed by atoms with Crippen LogP contribution >= 0.6 is 11.3 Å². The molecule has 102 valence electrons. The molecule has 1 aromatic carbocycles. The Kier molecular flexibility index (Phi) is 5.58. The van der Waals surface area contributed by atoms with Gasteiger partial charge in [0.25, 0.3) is 0 Å². The lowest BCUT2D eigenvalue weighted by Crippen LogP contribution is -2.17. The molecule has 0 radical (unpaired) electrons. The summed E-state index contributed by atoms with van der Waals surface area (Å²) in [5.74, 6) is 0. The minimum absolute atomic E-state index is 0.957. The van der Waals surface area contributed by atoms with E-state index in [1.807, 2.05) is 11.3 Å². The van der Waals surface area contributed by atoms with Crippen molar-refractivity contribution in [1.29, 1.82) is 0 Å². The van der Waals surface area contributed by atoms with Crippen LogP contribution in [0.15, 0.2) is 41.8 Å². The van der Waals surface area contributed by atoms with Crippen molar-refractivity contribution in [2.24, 2.45) is 0 Å². The summed E-state index contributed by atoms with van der Waals surface area (Å²) in [7, 11) is 2.18. The summed E-state index contributed by atoms with van der Waals surface area (Å²) in [6.07, 6.45) is 0. The van der Waals surface area contributed by atoms with Crippen molar-refractivity contribution in [3.8, 4) is 0 Å². The topological polar surface area (TPSA) is 15.3 Å². The van der Waals surface area contributed by atoms with Gasteiger partial charge in [-0.25, -0.2) is 0 Å². The molecule has 1 aromatic heterocycles. The maximum absolute atomic E-state index is 3.37. The van der Waals surface area contributed by atoms with Gasteiger partial charge in [-0.1, -0.05) is 37.3 Å². The zero-order chi connectivity index (χ0) is 13.5. The van der Waals surface area contributed by atoms with Crippen LogP contribution in [-0.4, -0.2) is 18.5 Å². The van der Waals surface area contributed by atoms with Gasteiger partial charge in [0.15, 0.2) is 0 Å². The third kappa shape index (κ3) is 4.78. The SMILES string of the molecule is CCNCc1cccc(CN(C)Cc2cccs2)c1. The molecule has 2 rings (SSSR count). The molecule has 2 aromatic rings. The molecular weight excluding hydrogens is 252 g/mol. The predicted octanol–water partition coefficient (Wildman–Crippen LogP) is 3.49. The summed E-state index contributed by atoms with van der Waals surface area (Å²) >= 11 is 1.82. The summed E-state index contributed by atoms with van der Waals surface area (Å²) < 4.78 is 0.